The normalized spacial score (nSPS) is 26.6. The maximum absolute atomic E-state index is 12.4. The number of nitrogens with one attached hydrogen (secondary N) is 1. The zero-order chi connectivity index (χ0) is 14.3. The van der Waals surface area contributed by atoms with Crippen LogP contribution in [0.2, 0.25) is 0 Å². The van der Waals surface area contributed by atoms with Crippen molar-refractivity contribution in [1.29, 1.82) is 0 Å². The summed E-state index contributed by atoms with van der Waals surface area (Å²) in [6, 6.07) is 2.36. The molecule has 2 atom stereocenters. The van der Waals surface area contributed by atoms with Crippen molar-refractivity contribution < 1.29 is 13.3 Å². The van der Waals surface area contributed by atoms with Gasteiger partial charge in [0.05, 0.1) is 0 Å². The molecule has 108 valence electrons. The van der Waals surface area contributed by atoms with E-state index >= 15 is 0 Å². The molecule has 2 unspecified atom stereocenters. The van der Waals surface area contributed by atoms with E-state index in [4.69, 9.17) is 0 Å². The quantitative estimate of drug-likeness (QED) is 0.613. The summed E-state index contributed by atoms with van der Waals surface area (Å²) >= 11 is 0. The van der Waals surface area contributed by atoms with Gasteiger partial charge in [-0.05, 0) is 40.9 Å². The van der Waals surface area contributed by atoms with Crippen LogP contribution < -0.4 is 5.32 Å². The molecule has 8 nitrogen and oxygen atoms in total. The molecular formula is C11H14N4O4S. The minimum Gasteiger partial charge on any atom is -0.358 e. The second-order valence-electron chi connectivity index (χ2n) is 5.11. The van der Waals surface area contributed by atoms with E-state index in [2.05, 4.69) is 10.3 Å². The number of aromatic nitrogens is 1. The van der Waals surface area contributed by atoms with Gasteiger partial charge in [-0.2, -0.15) is 4.31 Å². The summed E-state index contributed by atoms with van der Waals surface area (Å²) in [7, 11) is -3.60. The average Bonchev–Trinajstić information content (AvgIpc) is 2.99. The third-order valence-corrected chi connectivity index (χ3v) is 5.72. The highest BCUT2D eigenvalue weighted by Crippen LogP contribution is 2.30. The Hall–Kier alpha value is -1.58. The molecule has 2 fully saturated rings. The van der Waals surface area contributed by atoms with Crippen LogP contribution in [0.4, 0.5) is 5.82 Å². The summed E-state index contributed by atoms with van der Waals surface area (Å²) < 4.78 is 26.3. The molecular weight excluding hydrogens is 284 g/mol. The molecule has 3 rings (SSSR count). The first-order valence-electron chi connectivity index (χ1n) is 6.30. The molecule has 2 aliphatic heterocycles. The Balaban J connectivity index is 1.83. The lowest BCUT2D eigenvalue weighted by Gasteiger charge is -2.16. The lowest BCUT2D eigenvalue weighted by molar-refractivity contribution is -0.389. The van der Waals surface area contributed by atoms with Crippen LogP contribution in [0.3, 0.4) is 0 Å². The molecule has 0 saturated carbocycles. The predicted molar refractivity (Wildman–Crippen MR) is 69.5 cm³/mol. The van der Waals surface area contributed by atoms with Crippen LogP contribution in [0.5, 0.6) is 0 Å². The average molecular weight is 298 g/mol. The van der Waals surface area contributed by atoms with Crippen molar-refractivity contribution in [3.8, 4) is 0 Å². The molecule has 0 aliphatic carbocycles. The van der Waals surface area contributed by atoms with Crippen LogP contribution in [0.1, 0.15) is 0 Å². The second kappa shape index (κ2) is 4.76. The molecule has 0 aromatic carbocycles. The summed E-state index contributed by atoms with van der Waals surface area (Å²) in [6.07, 6.45) is 1.06. The first-order valence-corrected chi connectivity index (χ1v) is 7.74. The SMILES string of the molecule is O=[N+]([O-])c1ccc(S(=O)(=O)N2CC3CNCC3C2)cn1. The van der Waals surface area contributed by atoms with E-state index in [0.29, 0.717) is 24.9 Å². The van der Waals surface area contributed by atoms with Gasteiger partial charge in [0.2, 0.25) is 10.0 Å². The lowest BCUT2D eigenvalue weighted by Crippen LogP contribution is -2.32. The van der Waals surface area contributed by atoms with E-state index in [0.717, 1.165) is 25.4 Å². The Morgan fingerprint density at radius 2 is 1.95 bits per heavy atom. The van der Waals surface area contributed by atoms with Crippen molar-refractivity contribution in [3.63, 3.8) is 0 Å². The standard InChI is InChI=1S/C11H14N4O4S/c16-15(17)11-2-1-10(5-13-11)20(18,19)14-6-8-3-12-4-9(8)7-14/h1-2,5,8-9,12H,3-4,6-7H2. The molecule has 2 aliphatic rings. The molecule has 20 heavy (non-hydrogen) atoms. The maximum Gasteiger partial charge on any atom is 0.363 e. The fraction of sp³-hybridized carbons (Fsp3) is 0.545. The molecule has 0 spiro atoms. The lowest BCUT2D eigenvalue weighted by atomic mass is 10.0. The summed E-state index contributed by atoms with van der Waals surface area (Å²) in [4.78, 5) is 13.5. The summed E-state index contributed by atoms with van der Waals surface area (Å²) in [5.74, 6) is 0.359. The molecule has 1 aromatic rings. The van der Waals surface area contributed by atoms with Crippen molar-refractivity contribution >= 4 is 15.8 Å². The molecule has 0 bridgehead atoms. The van der Waals surface area contributed by atoms with Crippen LogP contribution in [-0.2, 0) is 10.0 Å². The van der Waals surface area contributed by atoms with Crippen molar-refractivity contribution in [2.45, 2.75) is 4.90 Å². The summed E-state index contributed by atoms with van der Waals surface area (Å²) in [6.45, 7) is 2.68. The van der Waals surface area contributed by atoms with Crippen LogP contribution in [0, 0.1) is 22.0 Å². The van der Waals surface area contributed by atoms with E-state index in [-0.39, 0.29) is 10.7 Å². The number of rotatable bonds is 3. The van der Waals surface area contributed by atoms with E-state index in [1.54, 1.807) is 0 Å². The first kappa shape index (κ1) is 13.4. The zero-order valence-corrected chi connectivity index (χ0v) is 11.4. The highest BCUT2D eigenvalue weighted by atomic mass is 32.2. The molecule has 3 heterocycles. The van der Waals surface area contributed by atoms with Gasteiger partial charge in [-0.25, -0.2) is 8.42 Å². The molecule has 1 aromatic heterocycles. The van der Waals surface area contributed by atoms with E-state index in [1.807, 2.05) is 0 Å². The minimum absolute atomic E-state index is 0.0102. The zero-order valence-electron chi connectivity index (χ0n) is 10.6. The third-order valence-electron chi connectivity index (χ3n) is 3.90. The first-order chi connectivity index (χ1) is 9.48. The van der Waals surface area contributed by atoms with E-state index < -0.39 is 14.9 Å². The monoisotopic (exact) mass is 298 g/mol. The largest absolute Gasteiger partial charge is 0.363 e. The van der Waals surface area contributed by atoms with E-state index in [9.17, 15) is 18.5 Å². The highest BCUT2D eigenvalue weighted by molar-refractivity contribution is 7.89. The second-order valence-corrected chi connectivity index (χ2v) is 7.05. The van der Waals surface area contributed by atoms with Crippen molar-refractivity contribution in [2.75, 3.05) is 26.2 Å². The summed E-state index contributed by atoms with van der Waals surface area (Å²) in [5.41, 5.74) is 0. The van der Waals surface area contributed by atoms with Gasteiger partial charge in [-0.1, -0.05) is 0 Å². The van der Waals surface area contributed by atoms with Crippen LogP contribution in [-0.4, -0.2) is 48.8 Å². The number of nitro groups is 1. The topological polar surface area (TPSA) is 105 Å². The Morgan fingerprint density at radius 1 is 1.30 bits per heavy atom. The fourth-order valence-corrected chi connectivity index (χ4v) is 4.29. The fourth-order valence-electron chi connectivity index (χ4n) is 2.79. The molecule has 9 heteroatoms. The van der Waals surface area contributed by atoms with Gasteiger partial charge in [0.25, 0.3) is 0 Å². The Labute approximate surface area is 116 Å². The maximum atomic E-state index is 12.4. The van der Waals surface area contributed by atoms with Crippen molar-refractivity contribution in [1.82, 2.24) is 14.6 Å². The molecule has 1 N–H and O–H groups in total. The number of hydrogen-bond donors (Lipinski definition) is 1. The van der Waals surface area contributed by atoms with Gasteiger partial charge in [0.1, 0.15) is 4.90 Å². The van der Waals surface area contributed by atoms with Gasteiger partial charge >= 0.3 is 5.82 Å². The Bertz CT molecular complexity index is 618. The number of fused-ring (bicyclic) bond motifs is 1. The smallest absolute Gasteiger partial charge is 0.358 e. The van der Waals surface area contributed by atoms with E-state index in [1.165, 1.54) is 10.4 Å². The number of sulfonamides is 1. The third kappa shape index (κ3) is 2.17. The van der Waals surface area contributed by atoms with Gasteiger partial charge in [-0.3, -0.25) is 0 Å². The molecule has 0 radical (unpaired) electrons. The van der Waals surface area contributed by atoms with Gasteiger partial charge < -0.3 is 15.4 Å². The number of nitrogens with zero attached hydrogens (tertiary/aromatic N) is 3. The molecule has 0 amide bonds. The van der Waals surface area contributed by atoms with Crippen LogP contribution in [0.25, 0.3) is 0 Å². The Morgan fingerprint density at radius 3 is 2.45 bits per heavy atom. The Kier molecular flexibility index (Phi) is 3.19. The van der Waals surface area contributed by atoms with Crippen LogP contribution >= 0.6 is 0 Å². The van der Waals surface area contributed by atoms with Gasteiger partial charge in [0.15, 0.2) is 6.20 Å². The van der Waals surface area contributed by atoms with Crippen LogP contribution in [0.15, 0.2) is 23.2 Å². The molecule has 2 saturated heterocycles. The van der Waals surface area contributed by atoms with Gasteiger partial charge in [0, 0.05) is 19.2 Å². The summed E-state index contributed by atoms with van der Waals surface area (Å²) in [5, 5.41) is 13.8. The highest BCUT2D eigenvalue weighted by Gasteiger charge is 2.41. The predicted octanol–water partition coefficient (Wildman–Crippen LogP) is -0.170. The van der Waals surface area contributed by atoms with Gasteiger partial charge in [-0.15, -0.1) is 0 Å². The number of pyridine rings is 1. The van der Waals surface area contributed by atoms with Crippen molar-refractivity contribution in [2.24, 2.45) is 11.8 Å². The number of hydrogen-bond acceptors (Lipinski definition) is 6. The van der Waals surface area contributed by atoms with Crippen molar-refractivity contribution in [3.05, 3.63) is 28.4 Å². The minimum atomic E-state index is -3.60.